The Hall–Kier alpha value is -2.15. The first-order chi connectivity index (χ1) is 16.2. The zero-order chi connectivity index (χ0) is 24.3. The molecule has 0 amide bonds. The molecule has 1 aliphatic rings. The summed E-state index contributed by atoms with van der Waals surface area (Å²) in [4.78, 5) is 9.90. The van der Waals surface area contributed by atoms with Crippen LogP contribution in [0.2, 0.25) is 0 Å². The summed E-state index contributed by atoms with van der Waals surface area (Å²) in [7, 11) is 6.14. The molecule has 6 heteroatoms. The predicted octanol–water partition coefficient (Wildman–Crippen LogP) is 6.10. The van der Waals surface area contributed by atoms with Crippen LogP contribution in [0.3, 0.4) is 0 Å². The van der Waals surface area contributed by atoms with Gasteiger partial charge in [-0.25, -0.2) is 4.98 Å². The molecule has 0 aliphatic carbocycles. The number of likely N-dealkylation sites (tertiary alicyclic amines) is 1. The third kappa shape index (κ3) is 5.91. The molecular formula is C28H40N4OS. The van der Waals surface area contributed by atoms with Crippen LogP contribution in [0.4, 0.5) is 5.69 Å². The Labute approximate surface area is 209 Å². The van der Waals surface area contributed by atoms with Gasteiger partial charge in [-0.1, -0.05) is 20.8 Å². The van der Waals surface area contributed by atoms with Gasteiger partial charge in [0.1, 0.15) is 10.8 Å². The summed E-state index contributed by atoms with van der Waals surface area (Å²) in [5.74, 6) is 0.936. The molecular weight excluding hydrogens is 440 g/mol. The van der Waals surface area contributed by atoms with Crippen molar-refractivity contribution >= 4 is 27.2 Å². The summed E-state index contributed by atoms with van der Waals surface area (Å²) in [5.41, 5.74) is 4.61. The fourth-order valence-electron chi connectivity index (χ4n) is 4.78. The molecule has 5 nitrogen and oxygen atoms in total. The number of nitrogens with one attached hydrogen (secondary N) is 1. The Morgan fingerprint density at radius 1 is 1.12 bits per heavy atom. The van der Waals surface area contributed by atoms with Crippen LogP contribution in [0.1, 0.15) is 45.6 Å². The molecule has 0 radical (unpaired) electrons. The van der Waals surface area contributed by atoms with E-state index in [2.05, 4.69) is 86.4 Å². The van der Waals surface area contributed by atoms with E-state index in [4.69, 9.17) is 9.72 Å². The van der Waals surface area contributed by atoms with E-state index in [1.54, 1.807) is 18.4 Å². The second kappa shape index (κ2) is 10.6. The third-order valence-electron chi connectivity index (χ3n) is 6.91. The molecule has 34 heavy (non-hydrogen) atoms. The number of nitrogens with zero attached hydrogens (tertiary/aromatic N) is 3. The molecule has 3 aromatic rings. The lowest BCUT2D eigenvalue weighted by atomic mass is 9.85. The topological polar surface area (TPSA) is 40.6 Å². The maximum Gasteiger partial charge on any atom is 0.124 e. The Morgan fingerprint density at radius 2 is 1.88 bits per heavy atom. The van der Waals surface area contributed by atoms with Crippen LogP contribution in [-0.4, -0.2) is 68.2 Å². The number of anilines is 1. The molecule has 0 saturated carbocycles. The highest BCUT2D eigenvalue weighted by atomic mass is 32.1. The second-order valence-corrected chi connectivity index (χ2v) is 11.7. The molecule has 1 aliphatic heterocycles. The van der Waals surface area contributed by atoms with Crippen molar-refractivity contribution in [1.29, 1.82) is 0 Å². The molecule has 0 bridgehead atoms. The Kier molecular flexibility index (Phi) is 7.80. The number of benzene rings is 2. The van der Waals surface area contributed by atoms with Gasteiger partial charge >= 0.3 is 0 Å². The lowest BCUT2D eigenvalue weighted by molar-refractivity contribution is 0.145. The number of aromatic nitrogens is 1. The first kappa shape index (κ1) is 25.0. The van der Waals surface area contributed by atoms with Crippen LogP contribution in [-0.2, 0) is 5.41 Å². The Balaban J connectivity index is 1.36. The van der Waals surface area contributed by atoms with Crippen molar-refractivity contribution in [1.82, 2.24) is 14.8 Å². The zero-order valence-corrected chi connectivity index (χ0v) is 22.5. The smallest absolute Gasteiger partial charge is 0.124 e. The number of hydrogen-bond acceptors (Lipinski definition) is 6. The van der Waals surface area contributed by atoms with Crippen molar-refractivity contribution in [2.24, 2.45) is 0 Å². The molecule has 2 aromatic carbocycles. The molecule has 0 spiro atoms. The molecule has 1 saturated heterocycles. The molecule has 184 valence electrons. The lowest BCUT2D eigenvalue weighted by Crippen LogP contribution is -2.42. The molecule has 1 aromatic heterocycles. The fourth-order valence-corrected chi connectivity index (χ4v) is 5.78. The summed E-state index contributed by atoms with van der Waals surface area (Å²) >= 11 is 1.76. The number of methoxy groups -OCH3 is 1. The standard InChI is InChI=1S/C28H40N4OS/c1-28(2,3)23-18-20(8-11-25(23)33-6)27-30-24-10-9-21(19-26(24)34-27)29-14-7-15-32-16-12-22(13-17-32)31(4)5/h8-11,18-19,22,29H,7,12-17H2,1-6H3. The summed E-state index contributed by atoms with van der Waals surface area (Å²) in [6, 6.07) is 13.7. The van der Waals surface area contributed by atoms with Gasteiger partial charge in [-0.05, 0) is 94.8 Å². The molecule has 2 heterocycles. The van der Waals surface area contributed by atoms with Crippen molar-refractivity contribution in [3.05, 3.63) is 42.0 Å². The van der Waals surface area contributed by atoms with Crippen molar-refractivity contribution in [3.63, 3.8) is 0 Å². The SMILES string of the molecule is COc1ccc(-c2nc3ccc(NCCCN4CCC(N(C)C)CC4)cc3s2)cc1C(C)(C)C. The van der Waals surface area contributed by atoms with Crippen LogP contribution in [0.15, 0.2) is 36.4 Å². The van der Waals surface area contributed by atoms with Gasteiger partial charge < -0.3 is 19.9 Å². The van der Waals surface area contributed by atoms with Crippen molar-refractivity contribution in [2.45, 2.75) is 51.5 Å². The first-order valence-corrected chi connectivity index (χ1v) is 13.3. The van der Waals surface area contributed by atoms with Crippen LogP contribution in [0, 0.1) is 0 Å². The average Bonchev–Trinajstić information content (AvgIpc) is 3.24. The van der Waals surface area contributed by atoms with Crippen LogP contribution in [0.25, 0.3) is 20.8 Å². The van der Waals surface area contributed by atoms with Crippen molar-refractivity contribution < 1.29 is 4.74 Å². The van der Waals surface area contributed by atoms with E-state index in [0.717, 1.165) is 34.4 Å². The molecule has 4 rings (SSSR count). The van der Waals surface area contributed by atoms with Gasteiger partial charge in [0.2, 0.25) is 0 Å². The maximum atomic E-state index is 5.61. The molecule has 0 atom stereocenters. The van der Waals surface area contributed by atoms with Gasteiger partial charge in [-0.3, -0.25) is 0 Å². The van der Waals surface area contributed by atoms with Gasteiger partial charge in [0.25, 0.3) is 0 Å². The number of hydrogen-bond donors (Lipinski definition) is 1. The number of rotatable bonds is 8. The van der Waals surface area contributed by atoms with Crippen LogP contribution in [0.5, 0.6) is 5.75 Å². The van der Waals surface area contributed by atoms with Gasteiger partial charge in [-0.15, -0.1) is 11.3 Å². The first-order valence-electron chi connectivity index (χ1n) is 12.5. The normalized spacial score (nSPS) is 15.9. The average molecular weight is 481 g/mol. The van der Waals surface area contributed by atoms with E-state index in [-0.39, 0.29) is 5.41 Å². The van der Waals surface area contributed by atoms with Gasteiger partial charge in [0, 0.05) is 29.4 Å². The molecule has 0 unspecified atom stereocenters. The zero-order valence-electron chi connectivity index (χ0n) is 21.6. The van der Waals surface area contributed by atoms with E-state index in [1.165, 1.54) is 54.8 Å². The highest BCUT2D eigenvalue weighted by Gasteiger charge is 2.21. The minimum atomic E-state index is 0.0113. The molecule has 1 fully saturated rings. The summed E-state index contributed by atoms with van der Waals surface area (Å²) in [5, 5.41) is 4.68. The maximum absolute atomic E-state index is 5.61. The van der Waals surface area contributed by atoms with Crippen molar-refractivity contribution in [3.8, 4) is 16.3 Å². The highest BCUT2D eigenvalue weighted by molar-refractivity contribution is 7.21. The largest absolute Gasteiger partial charge is 0.496 e. The third-order valence-corrected chi connectivity index (χ3v) is 7.98. The second-order valence-electron chi connectivity index (χ2n) is 10.7. The lowest BCUT2D eigenvalue weighted by Gasteiger charge is -2.35. The number of ether oxygens (including phenoxy) is 1. The summed E-state index contributed by atoms with van der Waals surface area (Å²) in [6.07, 6.45) is 3.74. The van der Waals surface area contributed by atoms with E-state index >= 15 is 0 Å². The Morgan fingerprint density at radius 3 is 2.56 bits per heavy atom. The fraction of sp³-hybridized carbons (Fsp3) is 0.536. The number of thiazole rings is 1. The number of fused-ring (bicyclic) bond motifs is 1. The van der Waals surface area contributed by atoms with E-state index in [9.17, 15) is 0 Å². The van der Waals surface area contributed by atoms with Gasteiger partial charge in [0.15, 0.2) is 0 Å². The van der Waals surface area contributed by atoms with Gasteiger partial charge in [0.05, 0.1) is 17.3 Å². The van der Waals surface area contributed by atoms with Crippen molar-refractivity contribution in [2.75, 3.05) is 52.7 Å². The van der Waals surface area contributed by atoms with Crippen LogP contribution >= 0.6 is 11.3 Å². The van der Waals surface area contributed by atoms with E-state index < -0.39 is 0 Å². The van der Waals surface area contributed by atoms with Gasteiger partial charge in [-0.2, -0.15) is 0 Å². The quantitative estimate of drug-likeness (QED) is 0.395. The summed E-state index contributed by atoms with van der Waals surface area (Å²) in [6.45, 7) is 11.3. The van der Waals surface area contributed by atoms with E-state index in [0.29, 0.717) is 0 Å². The summed E-state index contributed by atoms with van der Waals surface area (Å²) < 4.78 is 6.83. The highest BCUT2D eigenvalue weighted by Crippen LogP contribution is 2.37. The minimum Gasteiger partial charge on any atom is -0.496 e. The van der Waals surface area contributed by atoms with Crippen LogP contribution < -0.4 is 10.1 Å². The number of piperidine rings is 1. The minimum absolute atomic E-state index is 0.0113. The monoisotopic (exact) mass is 480 g/mol. The van der Waals surface area contributed by atoms with E-state index in [1.807, 2.05) is 0 Å². The molecule has 1 N–H and O–H groups in total. The Bertz CT molecular complexity index is 1090. The predicted molar refractivity (Wildman–Crippen MR) is 147 cm³/mol.